The van der Waals surface area contributed by atoms with Gasteiger partial charge in [0.05, 0.1) is 11.3 Å². The largest absolute Gasteiger partial charge is 0.481 e. The average Bonchev–Trinajstić information content (AvgIpc) is 2.88. The second-order valence-corrected chi connectivity index (χ2v) is 6.17. The first-order valence-corrected chi connectivity index (χ1v) is 7.32. The lowest BCUT2D eigenvalue weighted by molar-refractivity contribution is -0.186. The van der Waals surface area contributed by atoms with Crippen molar-refractivity contribution in [2.24, 2.45) is 11.3 Å². The van der Waals surface area contributed by atoms with Gasteiger partial charge >= 0.3 is 12.1 Å². The first kappa shape index (κ1) is 16.1. The van der Waals surface area contributed by atoms with E-state index < -0.39 is 23.5 Å². The molecule has 2 rings (SSSR count). The third kappa shape index (κ3) is 3.49. The van der Waals surface area contributed by atoms with Crippen LogP contribution in [0.2, 0.25) is 0 Å². The number of carbonyl (C=O) groups is 2. The number of aliphatic carboxylic acids is 1. The van der Waals surface area contributed by atoms with Gasteiger partial charge in [-0.3, -0.25) is 9.59 Å². The Kier molecular flexibility index (Phi) is 4.49. The summed E-state index contributed by atoms with van der Waals surface area (Å²) in [4.78, 5) is 25.0. The van der Waals surface area contributed by atoms with E-state index in [0.717, 1.165) is 12.8 Å². The molecule has 1 N–H and O–H groups in total. The normalized spacial score (nSPS) is 23.3. The molecule has 0 aromatic carbocycles. The standard InChI is InChI=1S/C14H20F3NO3/c15-14(16,17)10-3-7-18(8-4-10)11(19)9-13(12(20)21)5-1-2-6-13/h10H,1-9H2,(H,20,21). The van der Waals surface area contributed by atoms with E-state index in [2.05, 4.69) is 0 Å². The minimum atomic E-state index is -4.21. The van der Waals surface area contributed by atoms with Gasteiger partial charge in [-0.2, -0.15) is 13.2 Å². The molecule has 0 aromatic heterocycles. The predicted octanol–water partition coefficient (Wildman–Crippen LogP) is 2.82. The van der Waals surface area contributed by atoms with Crippen LogP contribution in [-0.2, 0) is 9.59 Å². The monoisotopic (exact) mass is 307 g/mol. The molecule has 120 valence electrons. The van der Waals surface area contributed by atoms with Crippen molar-refractivity contribution in [2.45, 2.75) is 51.1 Å². The van der Waals surface area contributed by atoms with Crippen molar-refractivity contribution in [2.75, 3.05) is 13.1 Å². The van der Waals surface area contributed by atoms with E-state index in [9.17, 15) is 27.9 Å². The van der Waals surface area contributed by atoms with Crippen LogP contribution >= 0.6 is 0 Å². The maximum absolute atomic E-state index is 12.6. The summed E-state index contributed by atoms with van der Waals surface area (Å²) in [7, 11) is 0. The molecule has 1 aliphatic heterocycles. The van der Waals surface area contributed by atoms with Crippen LogP contribution in [0, 0.1) is 11.3 Å². The summed E-state index contributed by atoms with van der Waals surface area (Å²) in [5.41, 5.74) is -1.00. The molecule has 0 unspecified atom stereocenters. The molecule has 21 heavy (non-hydrogen) atoms. The summed E-state index contributed by atoms with van der Waals surface area (Å²) >= 11 is 0. The van der Waals surface area contributed by atoms with Crippen molar-refractivity contribution in [3.05, 3.63) is 0 Å². The fourth-order valence-electron chi connectivity index (χ4n) is 3.38. The number of rotatable bonds is 3. The third-order valence-corrected chi connectivity index (χ3v) is 4.81. The van der Waals surface area contributed by atoms with Crippen LogP contribution in [0.25, 0.3) is 0 Å². The molecule has 1 amide bonds. The highest BCUT2D eigenvalue weighted by molar-refractivity contribution is 5.85. The molecule has 7 heteroatoms. The van der Waals surface area contributed by atoms with E-state index in [1.54, 1.807) is 0 Å². The second kappa shape index (κ2) is 5.85. The number of carboxylic acids is 1. The summed E-state index contributed by atoms with van der Waals surface area (Å²) in [6.45, 7) is 0.136. The first-order chi connectivity index (χ1) is 9.74. The van der Waals surface area contributed by atoms with Gasteiger partial charge in [-0.15, -0.1) is 0 Å². The van der Waals surface area contributed by atoms with E-state index in [4.69, 9.17) is 0 Å². The zero-order valence-electron chi connectivity index (χ0n) is 11.8. The number of nitrogens with zero attached hydrogens (tertiary/aromatic N) is 1. The maximum Gasteiger partial charge on any atom is 0.391 e. The minimum Gasteiger partial charge on any atom is -0.481 e. The number of alkyl halides is 3. The Labute approximate surface area is 121 Å². The lowest BCUT2D eigenvalue weighted by atomic mass is 9.82. The highest BCUT2D eigenvalue weighted by atomic mass is 19.4. The molecule has 1 saturated carbocycles. The third-order valence-electron chi connectivity index (χ3n) is 4.81. The van der Waals surface area contributed by atoms with Crippen molar-refractivity contribution < 1.29 is 27.9 Å². The van der Waals surface area contributed by atoms with Crippen LogP contribution in [-0.4, -0.2) is 41.1 Å². The van der Waals surface area contributed by atoms with Crippen LogP contribution in [0.4, 0.5) is 13.2 Å². The van der Waals surface area contributed by atoms with E-state index in [1.807, 2.05) is 0 Å². The van der Waals surface area contributed by atoms with Crippen molar-refractivity contribution >= 4 is 11.9 Å². The summed E-state index contributed by atoms with van der Waals surface area (Å²) in [5, 5.41) is 9.34. The van der Waals surface area contributed by atoms with Crippen LogP contribution < -0.4 is 0 Å². The van der Waals surface area contributed by atoms with Crippen LogP contribution in [0.15, 0.2) is 0 Å². The van der Waals surface area contributed by atoms with Gasteiger partial charge in [-0.25, -0.2) is 0 Å². The fraction of sp³-hybridized carbons (Fsp3) is 0.857. The molecular weight excluding hydrogens is 287 g/mol. The molecule has 1 aliphatic carbocycles. The van der Waals surface area contributed by atoms with Crippen LogP contribution in [0.1, 0.15) is 44.9 Å². The molecule has 1 saturated heterocycles. The Morgan fingerprint density at radius 1 is 1.14 bits per heavy atom. The number of likely N-dealkylation sites (tertiary alicyclic amines) is 1. The van der Waals surface area contributed by atoms with E-state index in [-0.39, 0.29) is 38.3 Å². The zero-order chi connectivity index (χ0) is 15.7. The number of halogens is 3. The SMILES string of the molecule is O=C(CC1(C(=O)O)CCCC1)N1CCC(C(F)(F)F)CC1. The molecule has 0 aromatic rings. The Bertz CT molecular complexity index is 408. The van der Waals surface area contributed by atoms with Crippen LogP contribution in [0.3, 0.4) is 0 Å². The summed E-state index contributed by atoms with van der Waals surface area (Å²) in [6.07, 6.45) is -1.93. The first-order valence-electron chi connectivity index (χ1n) is 7.32. The Balaban J connectivity index is 1.92. The van der Waals surface area contributed by atoms with E-state index in [0.29, 0.717) is 12.8 Å². The summed E-state index contributed by atoms with van der Waals surface area (Å²) in [5.74, 6) is -2.63. The molecule has 0 spiro atoms. The average molecular weight is 307 g/mol. The quantitative estimate of drug-likeness (QED) is 0.872. The van der Waals surface area contributed by atoms with Crippen molar-refractivity contribution in [1.82, 2.24) is 4.90 Å². The van der Waals surface area contributed by atoms with Gasteiger partial charge in [0.15, 0.2) is 0 Å². The Morgan fingerprint density at radius 3 is 2.10 bits per heavy atom. The number of carbonyl (C=O) groups excluding carboxylic acids is 1. The molecular formula is C14H20F3NO3. The lowest BCUT2D eigenvalue weighted by Gasteiger charge is -2.34. The van der Waals surface area contributed by atoms with Gasteiger partial charge in [0.2, 0.25) is 5.91 Å². The lowest BCUT2D eigenvalue weighted by Crippen LogP contribution is -2.44. The van der Waals surface area contributed by atoms with Gasteiger partial charge < -0.3 is 10.0 Å². The fourth-order valence-corrected chi connectivity index (χ4v) is 3.38. The van der Waals surface area contributed by atoms with E-state index in [1.165, 1.54) is 4.90 Å². The van der Waals surface area contributed by atoms with Crippen molar-refractivity contribution in [1.29, 1.82) is 0 Å². The van der Waals surface area contributed by atoms with Gasteiger partial charge in [0.1, 0.15) is 0 Å². The molecule has 0 bridgehead atoms. The van der Waals surface area contributed by atoms with Gasteiger partial charge in [-0.1, -0.05) is 12.8 Å². The molecule has 2 aliphatic rings. The number of piperidine rings is 1. The smallest absolute Gasteiger partial charge is 0.391 e. The summed E-state index contributed by atoms with van der Waals surface area (Å²) in [6, 6.07) is 0. The molecule has 2 fully saturated rings. The van der Waals surface area contributed by atoms with Crippen molar-refractivity contribution in [3.8, 4) is 0 Å². The van der Waals surface area contributed by atoms with E-state index >= 15 is 0 Å². The van der Waals surface area contributed by atoms with Gasteiger partial charge in [0, 0.05) is 19.5 Å². The van der Waals surface area contributed by atoms with Gasteiger partial charge in [0.25, 0.3) is 0 Å². The zero-order valence-corrected chi connectivity index (χ0v) is 11.8. The second-order valence-electron chi connectivity index (χ2n) is 6.17. The minimum absolute atomic E-state index is 0.0682. The van der Waals surface area contributed by atoms with Crippen LogP contribution in [0.5, 0.6) is 0 Å². The van der Waals surface area contributed by atoms with Gasteiger partial charge in [-0.05, 0) is 25.7 Å². The molecule has 1 heterocycles. The number of carboxylic acid groups (broad SMARTS) is 1. The predicted molar refractivity (Wildman–Crippen MR) is 68.5 cm³/mol. The number of hydrogen-bond donors (Lipinski definition) is 1. The van der Waals surface area contributed by atoms with Crippen molar-refractivity contribution in [3.63, 3.8) is 0 Å². The Morgan fingerprint density at radius 2 is 1.67 bits per heavy atom. The maximum atomic E-state index is 12.6. The molecule has 0 radical (unpaired) electrons. The molecule has 0 atom stereocenters. The number of hydrogen-bond acceptors (Lipinski definition) is 2. The topological polar surface area (TPSA) is 57.6 Å². The molecule has 4 nitrogen and oxygen atoms in total. The Hall–Kier alpha value is -1.27. The highest BCUT2D eigenvalue weighted by Crippen LogP contribution is 2.42. The number of amides is 1. The highest BCUT2D eigenvalue weighted by Gasteiger charge is 2.45. The summed E-state index contributed by atoms with van der Waals surface area (Å²) < 4.78 is 37.7.